The lowest BCUT2D eigenvalue weighted by atomic mass is 10.1. The highest BCUT2D eigenvalue weighted by molar-refractivity contribution is 7.92. The van der Waals surface area contributed by atoms with E-state index >= 15 is 0 Å². The summed E-state index contributed by atoms with van der Waals surface area (Å²) in [5.41, 5.74) is 0.703. The number of aryl methyl sites for hydroxylation is 1. The number of amides is 2. The Morgan fingerprint density at radius 2 is 1.74 bits per heavy atom. The van der Waals surface area contributed by atoms with E-state index in [1.807, 2.05) is 31.2 Å². The first-order valence-electron chi connectivity index (χ1n) is 11.0. The fraction of sp³-hybridized carbons (Fsp3) is 0.417. The van der Waals surface area contributed by atoms with Crippen LogP contribution in [-0.4, -0.2) is 51.0 Å². The van der Waals surface area contributed by atoms with Gasteiger partial charge in [0.25, 0.3) is 0 Å². The maximum Gasteiger partial charge on any atom is 0.416 e. The Bertz CT molecular complexity index is 1150. The summed E-state index contributed by atoms with van der Waals surface area (Å²) in [6.07, 6.45) is -3.78. The van der Waals surface area contributed by atoms with E-state index < -0.39 is 27.8 Å². The van der Waals surface area contributed by atoms with Gasteiger partial charge in [-0.3, -0.25) is 13.9 Å². The van der Waals surface area contributed by atoms with Crippen LogP contribution in [0.25, 0.3) is 0 Å². The van der Waals surface area contributed by atoms with E-state index in [1.165, 1.54) is 18.0 Å². The molecule has 7 nitrogen and oxygen atoms in total. The minimum atomic E-state index is -4.62. The van der Waals surface area contributed by atoms with E-state index in [9.17, 15) is 31.2 Å². The number of halogens is 3. The average molecular weight is 514 g/mol. The third-order valence-corrected chi connectivity index (χ3v) is 6.82. The standard InChI is InChI=1S/C24H30F3N3O4S/c1-17-9-5-6-10-19(17)16-29(18(2)23(32)28-3)22(31)13-8-14-30(35(4,33)34)21-12-7-11-20(15-21)24(25,26)27/h5-7,9-12,15,18H,8,13-14,16H2,1-4H3,(H,28,32). The van der Waals surface area contributed by atoms with Crippen molar-refractivity contribution in [3.05, 3.63) is 65.2 Å². The Hall–Kier alpha value is -3.08. The zero-order valence-corrected chi connectivity index (χ0v) is 20.9. The zero-order valence-electron chi connectivity index (χ0n) is 20.1. The summed E-state index contributed by atoms with van der Waals surface area (Å²) in [5.74, 6) is -0.726. The molecule has 2 amide bonds. The van der Waals surface area contributed by atoms with Crippen molar-refractivity contribution in [3.63, 3.8) is 0 Å². The van der Waals surface area contributed by atoms with Crippen molar-refractivity contribution in [1.82, 2.24) is 10.2 Å². The van der Waals surface area contributed by atoms with Gasteiger partial charge in [0.15, 0.2) is 0 Å². The average Bonchev–Trinajstić information content (AvgIpc) is 2.78. The summed E-state index contributed by atoms with van der Waals surface area (Å²) in [7, 11) is -2.44. The van der Waals surface area contributed by atoms with Crippen molar-refractivity contribution in [2.45, 2.75) is 45.5 Å². The normalized spacial score (nSPS) is 12.7. The Balaban J connectivity index is 2.21. The molecule has 2 aromatic rings. The molecule has 192 valence electrons. The predicted octanol–water partition coefficient (Wildman–Crippen LogP) is 3.72. The van der Waals surface area contributed by atoms with Crippen LogP contribution in [0.1, 0.15) is 36.5 Å². The summed E-state index contributed by atoms with van der Waals surface area (Å²) in [6, 6.07) is 10.7. The summed E-state index contributed by atoms with van der Waals surface area (Å²) in [5, 5.41) is 2.52. The molecule has 1 unspecified atom stereocenters. The van der Waals surface area contributed by atoms with Gasteiger partial charge in [-0.2, -0.15) is 13.2 Å². The van der Waals surface area contributed by atoms with E-state index in [4.69, 9.17) is 0 Å². The van der Waals surface area contributed by atoms with Gasteiger partial charge in [-0.15, -0.1) is 0 Å². The van der Waals surface area contributed by atoms with Crippen molar-refractivity contribution in [3.8, 4) is 0 Å². The topological polar surface area (TPSA) is 86.8 Å². The summed E-state index contributed by atoms with van der Waals surface area (Å²) in [6.45, 7) is 3.48. The first-order valence-corrected chi connectivity index (χ1v) is 12.8. The smallest absolute Gasteiger partial charge is 0.357 e. The molecular weight excluding hydrogens is 483 g/mol. The number of benzene rings is 2. The van der Waals surface area contributed by atoms with Gasteiger partial charge >= 0.3 is 6.18 Å². The van der Waals surface area contributed by atoms with Gasteiger partial charge in [-0.05, 0) is 49.6 Å². The quantitative estimate of drug-likeness (QED) is 0.525. The first-order chi connectivity index (χ1) is 16.3. The van der Waals surface area contributed by atoms with Gasteiger partial charge in [-0.1, -0.05) is 30.3 Å². The fourth-order valence-electron chi connectivity index (χ4n) is 3.60. The number of alkyl halides is 3. The molecule has 0 radical (unpaired) electrons. The highest BCUT2D eigenvalue weighted by atomic mass is 32.2. The third kappa shape index (κ3) is 7.71. The van der Waals surface area contributed by atoms with Gasteiger partial charge in [-0.25, -0.2) is 8.42 Å². The number of hydrogen-bond acceptors (Lipinski definition) is 4. The van der Waals surface area contributed by atoms with E-state index in [-0.39, 0.29) is 43.4 Å². The number of hydrogen-bond donors (Lipinski definition) is 1. The molecule has 0 aliphatic heterocycles. The second kappa shape index (κ2) is 11.6. The van der Waals surface area contributed by atoms with Crippen molar-refractivity contribution < 1.29 is 31.2 Å². The van der Waals surface area contributed by atoms with Crippen LogP contribution in [0.5, 0.6) is 0 Å². The molecule has 2 rings (SSSR count). The highest BCUT2D eigenvalue weighted by Gasteiger charge is 2.32. The summed E-state index contributed by atoms with van der Waals surface area (Å²) >= 11 is 0. The van der Waals surface area contributed by atoms with Crippen LogP contribution in [0.3, 0.4) is 0 Å². The molecule has 2 aromatic carbocycles. The van der Waals surface area contributed by atoms with Crippen molar-refractivity contribution >= 4 is 27.5 Å². The molecule has 35 heavy (non-hydrogen) atoms. The molecule has 0 fully saturated rings. The van der Waals surface area contributed by atoms with Crippen LogP contribution >= 0.6 is 0 Å². The number of rotatable bonds is 10. The molecule has 0 aliphatic rings. The second-order valence-corrected chi connectivity index (χ2v) is 10.1. The molecule has 0 bridgehead atoms. The van der Waals surface area contributed by atoms with E-state index in [2.05, 4.69) is 5.32 Å². The van der Waals surface area contributed by atoms with Crippen LogP contribution < -0.4 is 9.62 Å². The Morgan fingerprint density at radius 1 is 1.09 bits per heavy atom. The van der Waals surface area contributed by atoms with Gasteiger partial charge < -0.3 is 10.2 Å². The molecule has 0 saturated heterocycles. The molecule has 11 heteroatoms. The number of nitrogens with one attached hydrogen (secondary N) is 1. The first kappa shape index (κ1) is 28.2. The molecule has 0 spiro atoms. The number of nitrogens with zero attached hydrogens (tertiary/aromatic N) is 2. The minimum absolute atomic E-state index is 0.0485. The van der Waals surface area contributed by atoms with Crippen LogP contribution in [0.4, 0.5) is 18.9 Å². The SMILES string of the molecule is CNC(=O)C(C)N(Cc1ccccc1C)C(=O)CCCN(c1cccc(C(F)(F)F)c1)S(C)(=O)=O. The van der Waals surface area contributed by atoms with Crippen molar-refractivity contribution in [2.75, 3.05) is 24.2 Å². The number of sulfonamides is 1. The predicted molar refractivity (Wildman–Crippen MR) is 128 cm³/mol. The summed E-state index contributed by atoms with van der Waals surface area (Å²) in [4.78, 5) is 26.8. The largest absolute Gasteiger partial charge is 0.416 e. The second-order valence-electron chi connectivity index (χ2n) is 8.23. The van der Waals surface area contributed by atoms with Crippen LogP contribution in [0.15, 0.2) is 48.5 Å². The van der Waals surface area contributed by atoms with Crippen LogP contribution in [-0.2, 0) is 32.3 Å². The molecule has 0 saturated carbocycles. The number of carbonyl (C=O) groups excluding carboxylic acids is 2. The minimum Gasteiger partial charge on any atom is -0.357 e. The van der Waals surface area contributed by atoms with E-state index in [0.29, 0.717) is 0 Å². The van der Waals surface area contributed by atoms with Gasteiger partial charge in [0.05, 0.1) is 17.5 Å². The van der Waals surface area contributed by atoms with Crippen LogP contribution in [0.2, 0.25) is 0 Å². The Kier molecular flexibility index (Phi) is 9.31. The van der Waals surface area contributed by atoms with Crippen LogP contribution in [0, 0.1) is 6.92 Å². The van der Waals surface area contributed by atoms with Gasteiger partial charge in [0, 0.05) is 26.6 Å². The fourth-order valence-corrected chi connectivity index (χ4v) is 4.56. The van der Waals surface area contributed by atoms with Gasteiger partial charge in [0.2, 0.25) is 21.8 Å². The monoisotopic (exact) mass is 513 g/mol. The molecule has 1 N–H and O–H groups in total. The van der Waals surface area contributed by atoms with E-state index in [0.717, 1.165) is 39.9 Å². The zero-order chi connectivity index (χ0) is 26.4. The lowest BCUT2D eigenvalue weighted by Gasteiger charge is -2.29. The molecule has 1 atom stereocenters. The lowest BCUT2D eigenvalue weighted by molar-refractivity contribution is -0.140. The molecule has 0 aromatic heterocycles. The van der Waals surface area contributed by atoms with Crippen molar-refractivity contribution in [2.24, 2.45) is 0 Å². The maximum absolute atomic E-state index is 13.1. The van der Waals surface area contributed by atoms with Gasteiger partial charge in [0.1, 0.15) is 6.04 Å². The third-order valence-electron chi connectivity index (χ3n) is 5.63. The van der Waals surface area contributed by atoms with Crippen molar-refractivity contribution in [1.29, 1.82) is 0 Å². The lowest BCUT2D eigenvalue weighted by Crippen LogP contribution is -2.47. The molecular formula is C24H30F3N3O4S. The molecule has 0 heterocycles. The Labute approximate surface area is 204 Å². The molecule has 0 aliphatic carbocycles. The number of likely N-dealkylation sites (N-methyl/N-ethyl adjacent to an activating group) is 1. The highest BCUT2D eigenvalue weighted by Crippen LogP contribution is 2.32. The number of carbonyl (C=O) groups is 2. The Morgan fingerprint density at radius 3 is 2.31 bits per heavy atom. The number of anilines is 1. The maximum atomic E-state index is 13.1. The summed E-state index contributed by atoms with van der Waals surface area (Å²) < 4.78 is 64.8. The van der Waals surface area contributed by atoms with E-state index in [1.54, 1.807) is 6.92 Å².